The van der Waals surface area contributed by atoms with E-state index in [1.54, 1.807) is 32.4 Å². The number of benzene rings is 2. The van der Waals surface area contributed by atoms with Crippen LogP contribution in [0.1, 0.15) is 20.8 Å². The zero-order valence-corrected chi connectivity index (χ0v) is 20.8. The molecule has 0 spiro atoms. The number of nitrogens with one attached hydrogen (secondary N) is 1. The summed E-state index contributed by atoms with van der Waals surface area (Å²) >= 11 is 1.35. The molecule has 3 rings (SSSR count). The van der Waals surface area contributed by atoms with Gasteiger partial charge >= 0.3 is 0 Å². The van der Waals surface area contributed by atoms with Crippen molar-refractivity contribution in [3.63, 3.8) is 0 Å². The van der Waals surface area contributed by atoms with E-state index in [-0.39, 0.29) is 11.2 Å². The molecule has 8 nitrogen and oxygen atoms in total. The van der Waals surface area contributed by atoms with E-state index < -0.39 is 0 Å². The summed E-state index contributed by atoms with van der Waals surface area (Å²) in [6.45, 7) is 8.05. The number of methoxy groups -OCH3 is 2. The summed E-state index contributed by atoms with van der Waals surface area (Å²) < 4.78 is 12.4. The van der Waals surface area contributed by atoms with Gasteiger partial charge in [-0.15, -0.1) is 10.2 Å². The Morgan fingerprint density at radius 1 is 1.06 bits per heavy atom. The molecule has 3 aromatic rings. The molecule has 0 fully saturated rings. The third-order valence-electron chi connectivity index (χ3n) is 5.36. The molecule has 0 aliphatic carbocycles. The van der Waals surface area contributed by atoms with Gasteiger partial charge in [-0.3, -0.25) is 4.79 Å². The Morgan fingerprint density at radius 2 is 1.67 bits per heavy atom. The Hall–Kier alpha value is -3.20. The van der Waals surface area contributed by atoms with Crippen molar-refractivity contribution < 1.29 is 14.3 Å². The van der Waals surface area contributed by atoms with Crippen LogP contribution in [0.2, 0.25) is 0 Å². The Balaban J connectivity index is 1.70. The molecular weight excluding hydrogens is 438 g/mol. The number of ether oxygens (including phenoxy) is 2. The van der Waals surface area contributed by atoms with Gasteiger partial charge < -0.3 is 24.3 Å². The third-order valence-corrected chi connectivity index (χ3v) is 6.49. The van der Waals surface area contributed by atoms with Crippen LogP contribution in [-0.4, -0.2) is 53.2 Å². The number of nitrogens with zero attached hydrogens (tertiary/aromatic N) is 4. The number of amides is 1. The zero-order chi connectivity index (χ0) is 24.0. The average Bonchev–Trinajstić information content (AvgIpc) is 3.19. The molecule has 1 heterocycles. The van der Waals surface area contributed by atoms with Gasteiger partial charge in [-0.1, -0.05) is 11.8 Å². The van der Waals surface area contributed by atoms with Gasteiger partial charge in [0, 0.05) is 55.3 Å². The number of aromatic nitrogens is 3. The number of hydrogen-bond donors (Lipinski definition) is 1. The van der Waals surface area contributed by atoms with Gasteiger partial charge in [0.05, 0.1) is 19.5 Å². The molecule has 0 aliphatic heterocycles. The van der Waals surface area contributed by atoms with Gasteiger partial charge in [-0.2, -0.15) is 0 Å². The van der Waals surface area contributed by atoms with E-state index in [0.29, 0.717) is 22.3 Å². The first-order valence-electron chi connectivity index (χ1n) is 10.9. The molecule has 1 aromatic heterocycles. The SMILES string of the molecule is CCN(CC)c1ccc(-c2nnc(SC(C)C(=O)Nc3cc(OC)cc(OC)c3)n2C)cc1. The van der Waals surface area contributed by atoms with Gasteiger partial charge in [-0.05, 0) is 45.0 Å². The predicted molar refractivity (Wildman–Crippen MR) is 133 cm³/mol. The highest BCUT2D eigenvalue weighted by molar-refractivity contribution is 8.00. The fourth-order valence-corrected chi connectivity index (χ4v) is 4.23. The molecule has 1 amide bonds. The van der Waals surface area contributed by atoms with Crippen LogP contribution in [0.25, 0.3) is 11.4 Å². The molecule has 0 aliphatic rings. The second kappa shape index (κ2) is 11.1. The predicted octanol–water partition coefficient (Wildman–Crippen LogP) is 4.46. The Kier molecular flexibility index (Phi) is 8.21. The Morgan fingerprint density at radius 3 is 2.21 bits per heavy atom. The van der Waals surface area contributed by atoms with Crippen LogP contribution < -0.4 is 19.7 Å². The van der Waals surface area contributed by atoms with E-state index in [9.17, 15) is 4.79 Å². The highest BCUT2D eigenvalue weighted by atomic mass is 32.2. The molecule has 0 radical (unpaired) electrons. The molecule has 0 bridgehead atoms. The monoisotopic (exact) mass is 469 g/mol. The number of rotatable bonds is 10. The van der Waals surface area contributed by atoms with Crippen molar-refractivity contribution in [1.82, 2.24) is 14.8 Å². The van der Waals surface area contributed by atoms with Crippen LogP contribution in [0.3, 0.4) is 0 Å². The number of thioether (sulfide) groups is 1. The molecule has 9 heteroatoms. The lowest BCUT2D eigenvalue weighted by Gasteiger charge is -2.21. The van der Waals surface area contributed by atoms with Crippen molar-refractivity contribution in [2.45, 2.75) is 31.2 Å². The standard InChI is InChI=1S/C24H31N5O3S/c1-7-29(8-2)19-11-9-17(10-12-19)22-26-27-24(28(22)4)33-16(3)23(30)25-18-13-20(31-5)15-21(14-18)32-6/h9-16H,7-8H2,1-6H3,(H,25,30). The van der Waals surface area contributed by atoms with Crippen LogP contribution >= 0.6 is 11.8 Å². The van der Waals surface area contributed by atoms with Gasteiger partial charge in [0.15, 0.2) is 11.0 Å². The first kappa shape index (κ1) is 24.4. The number of carbonyl (C=O) groups is 1. The van der Waals surface area contributed by atoms with E-state index in [0.717, 1.165) is 24.5 Å². The molecular formula is C24H31N5O3S. The van der Waals surface area contributed by atoms with E-state index in [2.05, 4.69) is 58.5 Å². The molecule has 176 valence electrons. The highest BCUT2D eigenvalue weighted by Crippen LogP contribution is 2.29. The second-order valence-corrected chi connectivity index (χ2v) is 8.74. The fraction of sp³-hybridized carbons (Fsp3) is 0.375. The summed E-state index contributed by atoms with van der Waals surface area (Å²) in [4.78, 5) is 15.1. The van der Waals surface area contributed by atoms with Gasteiger partial charge in [0.2, 0.25) is 5.91 Å². The number of carbonyl (C=O) groups excluding carboxylic acids is 1. The van der Waals surface area contributed by atoms with Gasteiger partial charge in [0.25, 0.3) is 0 Å². The Bertz CT molecular complexity index is 1060. The maximum absolute atomic E-state index is 12.8. The maximum atomic E-state index is 12.8. The lowest BCUT2D eigenvalue weighted by molar-refractivity contribution is -0.115. The summed E-state index contributed by atoms with van der Waals surface area (Å²) in [5, 5.41) is 11.9. The molecule has 2 aromatic carbocycles. The summed E-state index contributed by atoms with van der Waals surface area (Å²) in [6, 6.07) is 13.6. The number of hydrogen-bond acceptors (Lipinski definition) is 7. The minimum Gasteiger partial charge on any atom is -0.497 e. The summed E-state index contributed by atoms with van der Waals surface area (Å²) in [6.07, 6.45) is 0. The van der Waals surface area contributed by atoms with E-state index in [1.165, 1.54) is 17.4 Å². The number of anilines is 2. The van der Waals surface area contributed by atoms with Gasteiger partial charge in [0.1, 0.15) is 11.5 Å². The lowest BCUT2D eigenvalue weighted by atomic mass is 10.2. The van der Waals surface area contributed by atoms with Crippen LogP contribution in [0.5, 0.6) is 11.5 Å². The van der Waals surface area contributed by atoms with Crippen LogP contribution in [0.15, 0.2) is 47.6 Å². The highest BCUT2D eigenvalue weighted by Gasteiger charge is 2.20. The minimum atomic E-state index is -0.386. The first-order valence-corrected chi connectivity index (χ1v) is 11.7. The van der Waals surface area contributed by atoms with Crippen LogP contribution in [0, 0.1) is 0 Å². The van der Waals surface area contributed by atoms with Gasteiger partial charge in [-0.25, -0.2) is 0 Å². The summed E-state index contributed by atoms with van der Waals surface area (Å²) in [7, 11) is 5.05. The lowest BCUT2D eigenvalue weighted by Crippen LogP contribution is -2.22. The zero-order valence-electron chi connectivity index (χ0n) is 20.0. The minimum absolute atomic E-state index is 0.150. The van der Waals surface area contributed by atoms with Crippen molar-refractivity contribution in [2.24, 2.45) is 7.05 Å². The van der Waals surface area contributed by atoms with E-state index >= 15 is 0 Å². The Labute approximate surface area is 199 Å². The van der Waals surface area contributed by atoms with Crippen LogP contribution in [0.4, 0.5) is 11.4 Å². The average molecular weight is 470 g/mol. The molecule has 33 heavy (non-hydrogen) atoms. The van der Waals surface area contributed by atoms with Crippen molar-refractivity contribution in [1.29, 1.82) is 0 Å². The van der Waals surface area contributed by atoms with Crippen molar-refractivity contribution in [3.8, 4) is 22.9 Å². The summed E-state index contributed by atoms with van der Waals surface area (Å²) in [5.41, 5.74) is 2.77. The smallest absolute Gasteiger partial charge is 0.237 e. The molecule has 0 saturated carbocycles. The molecule has 1 atom stereocenters. The second-order valence-electron chi connectivity index (χ2n) is 7.44. The normalized spacial score (nSPS) is 11.7. The first-order chi connectivity index (χ1) is 15.9. The molecule has 0 saturated heterocycles. The largest absolute Gasteiger partial charge is 0.497 e. The van der Waals surface area contributed by atoms with Crippen molar-refractivity contribution >= 4 is 29.0 Å². The molecule has 1 N–H and O–H groups in total. The molecule has 1 unspecified atom stereocenters. The quantitative estimate of drug-likeness (QED) is 0.439. The van der Waals surface area contributed by atoms with Crippen molar-refractivity contribution in [3.05, 3.63) is 42.5 Å². The topological polar surface area (TPSA) is 81.5 Å². The van der Waals surface area contributed by atoms with Crippen LogP contribution in [-0.2, 0) is 11.8 Å². The third kappa shape index (κ3) is 5.78. The van der Waals surface area contributed by atoms with E-state index in [1.807, 2.05) is 18.5 Å². The summed E-state index contributed by atoms with van der Waals surface area (Å²) in [5.74, 6) is 1.82. The maximum Gasteiger partial charge on any atom is 0.237 e. The fourth-order valence-electron chi connectivity index (χ4n) is 3.41. The van der Waals surface area contributed by atoms with Crippen molar-refractivity contribution in [2.75, 3.05) is 37.5 Å². The van der Waals surface area contributed by atoms with E-state index in [4.69, 9.17) is 9.47 Å².